The summed E-state index contributed by atoms with van der Waals surface area (Å²) in [5.41, 5.74) is 1.28. The third-order valence-corrected chi connectivity index (χ3v) is 3.84. The summed E-state index contributed by atoms with van der Waals surface area (Å²) >= 11 is 0. The molecule has 5 heteroatoms. The van der Waals surface area contributed by atoms with Gasteiger partial charge in [-0.05, 0) is 31.4 Å². The zero-order valence-corrected chi connectivity index (χ0v) is 12.1. The Bertz CT molecular complexity index is 531. The van der Waals surface area contributed by atoms with Crippen molar-refractivity contribution in [1.29, 1.82) is 0 Å². The van der Waals surface area contributed by atoms with Crippen molar-refractivity contribution in [2.75, 3.05) is 21.3 Å². The van der Waals surface area contributed by atoms with Crippen molar-refractivity contribution in [2.24, 2.45) is 4.99 Å². The molecule has 0 aromatic heterocycles. The number of ether oxygens (including phenoxy) is 3. The molecule has 0 saturated heterocycles. The van der Waals surface area contributed by atoms with Crippen molar-refractivity contribution >= 4 is 6.08 Å². The summed E-state index contributed by atoms with van der Waals surface area (Å²) in [6.45, 7) is 0.434. The highest BCUT2D eigenvalue weighted by atomic mass is 16.5. The highest BCUT2D eigenvalue weighted by Crippen LogP contribution is 2.49. The zero-order chi connectivity index (χ0) is 14.6. The van der Waals surface area contributed by atoms with Gasteiger partial charge in [0.1, 0.15) is 17.0 Å². The van der Waals surface area contributed by atoms with Gasteiger partial charge in [-0.2, -0.15) is 4.99 Å². The first kappa shape index (κ1) is 14.6. The lowest BCUT2D eigenvalue weighted by Crippen LogP contribution is -2.32. The molecule has 0 bridgehead atoms. The van der Waals surface area contributed by atoms with E-state index in [1.807, 2.05) is 12.1 Å². The minimum atomic E-state index is -0.508. The molecule has 0 spiro atoms. The van der Waals surface area contributed by atoms with Crippen molar-refractivity contribution in [3.63, 3.8) is 0 Å². The van der Waals surface area contributed by atoms with Crippen molar-refractivity contribution in [2.45, 2.75) is 31.4 Å². The van der Waals surface area contributed by atoms with Gasteiger partial charge in [0.2, 0.25) is 6.08 Å². The fourth-order valence-corrected chi connectivity index (χ4v) is 2.63. The second-order valence-electron chi connectivity index (χ2n) is 4.89. The summed E-state index contributed by atoms with van der Waals surface area (Å²) in [5.74, 6) is 1.42. The fraction of sp³-hybridized carbons (Fsp3) is 0.533. The smallest absolute Gasteiger partial charge is 0.235 e. The topological polar surface area (TPSA) is 57.1 Å². The number of rotatable bonds is 6. The van der Waals surface area contributed by atoms with E-state index in [0.29, 0.717) is 12.4 Å². The normalized spacial score (nSPS) is 15.9. The monoisotopic (exact) mass is 277 g/mol. The minimum absolute atomic E-state index is 0.434. The zero-order valence-electron chi connectivity index (χ0n) is 12.1. The quantitative estimate of drug-likeness (QED) is 0.592. The third-order valence-electron chi connectivity index (χ3n) is 3.84. The number of isocyanates is 1. The fourth-order valence-electron chi connectivity index (χ4n) is 2.63. The standard InChI is InChI=1S/C15H19NO4/c1-18-9-11-7-14(20-3)12(8-13(11)19-2)15(16-10-17)5-4-6-15/h7-8H,4-6,9H2,1-3H3. The Morgan fingerprint density at radius 3 is 2.35 bits per heavy atom. The number of hydrogen-bond acceptors (Lipinski definition) is 5. The molecule has 1 aliphatic carbocycles. The van der Waals surface area contributed by atoms with Gasteiger partial charge >= 0.3 is 0 Å². The predicted molar refractivity (Wildman–Crippen MR) is 73.9 cm³/mol. The van der Waals surface area contributed by atoms with Crippen molar-refractivity contribution in [3.8, 4) is 11.5 Å². The molecule has 1 saturated carbocycles. The largest absolute Gasteiger partial charge is 0.496 e. The summed E-state index contributed by atoms with van der Waals surface area (Å²) in [6, 6.07) is 3.78. The van der Waals surface area contributed by atoms with Crippen LogP contribution < -0.4 is 9.47 Å². The molecular weight excluding hydrogens is 258 g/mol. The van der Waals surface area contributed by atoms with Crippen LogP contribution in [0.3, 0.4) is 0 Å². The first-order chi connectivity index (χ1) is 9.70. The lowest BCUT2D eigenvalue weighted by molar-refractivity contribution is 0.180. The second kappa shape index (κ2) is 6.07. The number of carbonyl (C=O) groups excluding carboxylic acids is 1. The van der Waals surface area contributed by atoms with Crippen molar-refractivity contribution < 1.29 is 19.0 Å². The molecule has 1 aliphatic rings. The molecule has 0 amide bonds. The van der Waals surface area contributed by atoms with E-state index in [-0.39, 0.29) is 0 Å². The molecule has 0 unspecified atom stereocenters. The molecule has 0 heterocycles. The summed E-state index contributed by atoms with van der Waals surface area (Å²) in [5, 5.41) is 0. The van der Waals surface area contributed by atoms with E-state index >= 15 is 0 Å². The minimum Gasteiger partial charge on any atom is -0.496 e. The average Bonchev–Trinajstić information content (AvgIpc) is 2.43. The molecule has 1 fully saturated rings. The number of methoxy groups -OCH3 is 3. The average molecular weight is 277 g/mol. The lowest BCUT2D eigenvalue weighted by Gasteiger charge is -2.38. The van der Waals surface area contributed by atoms with Crippen LogP contribution in [0.4, 0.5) is 0 Å². The molecule has 0 atom stereocenters. The summed E-state index contributed by atoms with van der Waals surface area (Å²) in [4.78, 5) is 14.7. The van der Waals surface area contributed by atoms with Gasteiger partial charge in [-0.25, -0.2) is 4.79 Å². The SMILES string of the molecule is COCc1cc(OC)c(C2(N=C=O)CCC2)cc1OC. The molecular formula is C15H19NO4. The maximum absolute atomic E-state index is 10.7. The van der Waals surface area contributed by atoms with Crippen LogP contribution in [0.1, 0.15) is 30.4 Å². The van der Waals surface area contributed by atoms with Gasteiger partial charge in [0.05, 0.1) is 20.8 Å². The highest BCUT2D eigenvalue weighted by molar-refractivity contribution is 5.52. The molecule has 2 rings (SSSR count). The van der Waals surface area contributed by atoms with Gasteiger partial charge in [0, 0.05) is 18.2 Å². The third kappa shape index (κ3) is 2.42. The van der Waals surface area contributed by atoms with Crippen LogP contribution in [0.5, 0.6) is 11.5 Å². The summed E-state index contributed by atoms with van der Waals surface area (Å²) < 4.78 is 16.0. The summed E-state index contributed by atoms with van der Waals surface area (Å²) in [6.07, 6.45) is 4.38. The highest BCUT2D eigenvalue weighted by Gasteiger charge is 2.41. The lowest BCUT2D eigenvalue weighted by atomic mass is 9.72. The van der Waals surface area contributed by atoms with Crippen LogP contribution in [-0.4, -0.2) is 27.4 Å². The van der Waals surface area contributed by atoms with E-state index in [4.69, 9.17) is 14.2 Å². The Morgan fingerprint density at radius 2 is 1.90 bits per heavy atom. The Kier molecular flexibility index (Phi) is 4.42. The first-order valence-electron chi connectivity index (χ1n) is 6.54. The van der Waals surface area contributed by atoms with Crippen LogP contribution in [-0.2, 0) is 21.7 Å². The molecule has 20 heavy (non-hydrogen) atoms. The van der Waals surface area contributed by atoms with Crippen molar-refractivity contribution in [3.05, 3.63) is 23.3 Å². The van der Waals surface area contributed by atoms with E-state index in [1.54, 1.807) is 27.4 Å². The van der Waals surface area contributed by atoms with E-state index in [9.17, 15) is 4.79 Å². The van der Waals surface area contributed by atoms with E-state index < -0.39 is 5.54 Å². The number of benzene rings is 1. The first-order valence-corrected chi connectivity index (χ1v) is 6.54. The van der Waals surface area contributed by atoms with Crippen LogP contribution in [0.2, 0.25) is 0 Å². The number of nitrogens with zero attached hydrogens (tertiary/aromatic N) is 1. The van der Waals surface area contributed by atoms with Crippen LogP contribution in [0.15, 0.2) is 17.1 Å². The Balaban J connectivity index is 2.54. The molecule has 0 radical (unpaired) electrons. The van der Waals surface area contributed by atoms with Gasteiger partial charge in [0.25, 0.3) is 0 Å². The molecule has 5 nitrogen and oxygen atoms in total. The Labute approximate surface area is 118 Å². The van der Waals surface area contributed by atoms with E-state index in [0.717, 1.165) is 36.1 Å². The van der Waals surface area contributed by atoms with Crippen molar-refractivity contribution in [1.82, 2.24) is 0 Å². The van der Waals surface area contributed by atoms with Gasteiger partial charge in [-0.1, -0.05) is 0 Å². The van der Waals surface area contributed by atoms with Gasteiger partial charge < -0.3 is 14.2 Å². The predicted octanol–water partition coefficient (Wildman–Crippen LogP) is 2.57. The molecule has 108 valence electrons. The van der Waals surface area contributed by atoms with E-state index in [1.165, 1.54) is 0 Å². The number of hydrogen-bond donors (Lipinski definition) is 0. The van der Waals surface area contributed by atoms with E-state index in [2.05, 4.69) is 4.99 Å². The summed E-state index contributed by atoms with van der Waals surface area (Å²) in [7, 11) is 4.85. The maximum Gasteiger partial charge on any atom is 0.235 e. The van der Waals surface area contributed by atoms with Gasteiger partial charge in [-0.15, -0.1) is 0 Å². The van der Waals surface area contributed by atoms with Gasteiger partial charge in [-0.3, -0.25) is 0 Å². The molecule has 1 aromatic rings. The van der Waals surface area contributed by atoms with Crippen LogP contribution >= 0.6 is 0 Å². The Hall–Kier alpha value is -1.84. The molecule has 0 aliphatic heterocycles. The van der Waals surface area contributed by atoms with Gasteiger partial charge in [0.15, 0.2) is 0 Å². The maximum atomic E-state index is 10.7. The Morgan fingerprint density at radius 1 is 1.20 bits per heavy atom. The number of aliphatic imine (C=N–C) groups is 1. The van der Waals surface area contributed by atoms with Crippen LogP contribution in [0.25, 0.3) is 0 Å². The second-order valence-corrected chi connectivity index (χ2v) is 4.89. The molecule has 1 aromatic carbocycles. The van der Waals surface area contributed by atoms with Crippen LogP contribution in [0, 0.1) is 0 Å². The molecule has 0 N–H and O–H groups in total.